The number of nitrogens with zero attached hydrogens (tertiary/aromatic N) is 1. The molecule has 2 aromatic heterocycles. The number of para-hydroxylation sites is 1. The third-order valence-corrected chi connectivity index (χ3v) is 5.72. The summed E-state index contributed by atoms with van der Waals surface area (Å²) in [7, 11) is 0. The van der Waals surface area contributed by atoms with E-state index in [0.29, 0.717) is 37.8 Å². The topological polar surface area (TPSA) is 104 Å². The summed E-state index contributed by atoms with van der Waals surface area (Å²) in [5, 5.41) is 6.85. The predicted molar refractivity (Wildman–Crippen MR) is 130 cm³/mol. The normalized spacial score (nSPS) is 11.8. The van der Waals surface area contributed by atoms with Crippen LogP contribution in [0.5, 0.6) is 0 Å². The Morgan fingerprint density at radius 3 is 2.67 bits per heavy atom. The number of carbonyl (C=O) groups is 3. The monoisotopic (exact) mass is 448 g/mol. The molecule has 0 aliphatic rings. The number of Topliss-reactive ketones (excluding diaryl/α,β-unsaturated/α-hetero) is 1. The van der Waals surface area contributed by atoms with E-state index in [1.54, 1.807) is 24.5 Å². The second-order valence-electron chi connectivity index (χ2n) is 8.20. The molecule has 0 aliphatic carbocycles. The Bertz CT molecular complexity index is 1060. The average Bonchev–Trinajstić information content (AvgIpc) is 3.25. The maximum Gasteiger partial charge on any atom is 0.246 e. The van der Waals surface area contributed by atoms with Gasteiger partial charge in [-0.2, -0.15) is 0 Å². The molecular weight excluding hydrogens is 416 g/mol. The second kappa shape index (κ2) is 12.5. The summed E-state index contributed by atoms with van der Waals surface area (Å²) in [6.45, 7) is 1.87. The average molecular weight is 449 g/mol. The van der Waals surface area contributed by atoms with Crippen molar-refractivity contribution in [3.8, 4) is 0 Å². The van der Waals surface area contributed by atoms with Gasteiger partial charge in [0.05, 0.1) is 11.9 Å². The van der Waals surface area contributed by atoms with Crippen LogP contribution in [0.3, 0.4) is 0 Å². The van der Waals surface area contributed by atoms with E-state index in [0.717, 1.165) is 35.7 Å². The lowest BCUT2D eigenvalue weighted by atomic mass is 10.0. The zero-order valence-electron chi connectivity index (χ0n) is 19.1. The molecule has 3 aromatic rings. The Labute approximate surface area is 194 Å². The van der Waals surface area contributed by atoms with Gasteiger partial charge in [0.25, 0.3) is 0 Å². The van der Waals surface area contributed by atoms with Crippen LogP contribution in [0, 0.1) is 0 Å². The number of anilines is 1. The molecule has 3 rings (SSSR count). The maximum absolute atomic E-state index is 12.9. The molecule has 0 spiro atoms. The van der Waals surface area contributed by atoms with E-state index in [2.05, 4.69) is 20.6 Å². The molecule has 3 N–H and O–H groups in total. The van der Waals surface area contributed by atoms with Gasteiger partial charge in [0.1, 0.15) is 11.8 Å². The number of ketones is 1. The van der Waals surface area contributed by atoms with Crippen molar-refractivity contribution in [3.63, 3.8) is 0 Å². The summed E-state index contributed by atoms with van der Waals surface area (Å²) in [5.41, 5.74) is 2.72. The van der Waals surface area contributed by atoms with E-state index in [4.69, 9.17) is 0 Å². The minimum atomic E-state index is -0.637. The number of carbonyl (C=O) groups excluding carboxylic acids is 3. The second-order valence-corrected chi connectivity index (χ2v) is 8.20. The van der Waals surface area contributed by atoms with Crippen molar-refractivity contribution in [2.24, 2.45) is 0 Å². The van der Waals surface area contributed by atoms with Crippen LogP contribution in [-0.2, 0) is 20.8 Å². The van der Waals surface area contributed by atoms with Crippen LogP contribution in [0.4, 0.5) is 5.69 Å². The summed E-state index contributed by atoms with van der Waals surface area (Å²) >= 11 is 0. The lowest BCUT2D eigenvalue weighted by molar-refractivity contribution is -0.126. The highest BCUT2D eigenvalue weighted by Crippen LogP contribution is 2.19. The fourth-order valence-electron chi connectivity index (χ4n) is 3.81. The molecule has 1 unspecified atom stereocenters. The summed E-state index contributed by atoms with van der Waals surface area (Å²) in [5.74, 6) is -0.160. The number of rotatable bonds is 13. The minimum Gasteiger partial charge on any atom is -0.361 e. The molecule has 0 fully saturated rings. The smallest absolute Gasteiger partial charge is 0.246 e. The number of amides is 2. The highest BCUT2D eigenvalue weighted by Gasteiger charge is 2.21. The van der Waals surface area contributed by atoms with E-state index in [9.17, 15) is 14.4 Å². The fraction of sp³-hybridized carbons (Fsp3) is 0.385. The van der Waals surface area contributed by atoms with Gasteiger partial charge in [-0.15, -0.1) is 0 Å². The molecule has 174 valence electrons. The Morgan fingerprint density at radius 2 is 1.88 bits per heavy atom. The van der Waals surface area contributed by atoms with Gasteiger partial charge < -0.3 is 15.6 Å². The molecule has 2 amide bonds. The van der Waals surface area contributed by atoms with Crippen LogP contribution in [0.15, 0.2) is 55.0 Å². The van der Waals surface area contributed by atoms with E-state index >= 15 is 0 Å². The number of benzene rings is 1. The highest BCUT2D eigenvalue weighted by atomic mass is 16.2. The molecule has 0 saturated heterocycles. The Morgan fingerprint density at radius 1 is 1.03 bits per heavy atom. The van der Waals surface area contributed by atoms with E-state index in [1.807, 2.05) is 37.4 Å². The summed E-state index contributed by atoms with van der Waals surface area (Å²) in [6.07, 6.45) is 10.1. The van der Waals surface area contributed by atoms with Crippen LogP contribution in [0.1, 0.15) is 57.4 Å². The van der Waals surface area contributed by atoms with E-state index in [1.165, 1.54) is 0 Å². The molecule has 1 atom stereocenters. The molecule has 0 bridgehead atoms. The minimum absolute atomic E-state index is 0.159. The van der Waals surface area contributed by atoms with Crippen molar-refractivity contribution in [1.29, 1.82) is 0 Å². The van der Waals surface area contributed by atoms with Crippen LogP contribution >= 0.6 is 0 Å². The number of aromatic nitrogens is 2. The first-order valence-corrected chi connectivity index (χ1v) is 11.6. The lowest BCUT2D eigenvalue weighted by Crippen LogP contribution is -2.43. The number of H-pyrrole nitrogens is 1. The third-order valence-electron chi connectivity index (χ3n) is 5.72. The van der Waals surface area contributed by atoms with Gasteiger partial charge in [0.15, 0.2) is 0 Å². The molecule has 7 heteroatoms. The van der Waals surface area contributed by atoms with Crippen LogP contribution in [0.2, 0.25) is 0 Å². The fourth-order valence-corrected chi connectivity index (χ4v) is 3.81. The SMILES string of the molecule is CCC(=O)CCCCCC(NC(=O)CCc1c[nH]c2ccccc12)C(=O)Nc1cccnc1. The van der Waals surface area contributed by atoms with Gasteiger partial charge in [-0.25, -0.2) is 0 Å². The number of fused-ring (bicyclic) bond motifs is 1. The number of unbranched alkanes of at least 4 members (excludes halogenated alkanes) is 2. The van der Waals surface area contributed by atoms with Crippen molar-refractivity contribution < 1.29 is 14.4 Å². The van der Waals surface area contributed by atoms with Gasteiger partial charge in [-0.1, -0.05) is 38.0 Å². The zero-order valence-corrected chi connectivity index (χ0v) is 19.1. The van der Waals surface area contributed by atoms with Crippen molar-refractivity contribution in [3.05, 3.63) is 60.6 Å². The molecule has 0 radical (unpaired) electrons. The predicted octanol–water partition coefficient (Wildman–Crippen LogP) is 4.55. The molecule has 7 nitrogen and oxygen atoms in total. The first-order valence-electron chi connectivity index (χ1n) is 11.6. The number of hydrogen-bond acceptors (Lipinski definition) is 4. The van der Waals surface area contributed by atoms with Gasteiger partial charge >= 0.3 is 0 Å². The first kappa shape index (κ1) is 24.2. The van der Waals surface area contributed by atoms with Gasteiger partial charge in [-0.05, 0) is 43.0 Å². The Kier molecular flexibility index (Phi) is 9.18. The largest absolute Gasteiger partial charge is 0.361 e. The lowest BCUT2D eigenvalue weighted by Gasteiger charge is -2.18. The van der Waals surface area contributed by atoms with E-state index in [-0.39, 0.29) is 17.6 Å². The third kappa shape index (κ3) is 7.56. The Balaban J connectivity index is 1.55. The standard InChI is InChI=1S/C26H32N4O3/c1-2-21(31)10-4-3-5-13-24(26(33)29-20-9-8-16-27-18-20)30-25(32)15-14-19-17-28-23-12-7-6-11-22(19)23/h6-9,11-12,16-18,24,28H,2-5,10,13-15H2,1H3,(H,29,33)(H,30,32). The molecule has 33 heavy (non-hydrogen) atoms. The molecular formula is C26H32N4O3. The molecule has 2 heterocycles. The first-order chi connectivity index (χ1) is 16.1. The van der Waals surface area contributed by atoms with Crippen molar-refractivity contribution >= 4 is 34.2 Å². The molecule has 0 saturated carbocycles. The molecule has 0 aliphatic heterocycles. The van der Waals surface area contributed by atoms with Crippen LogP contribution in [-0.4, -0.2) is 33.6 Å². The van der Waals surface area contributed by atoms with Crippen LogP contribution < -0.4 is 10.6 Å². The maximum atomic E-state index is 12.9. The number of pyridine rings is 1. The van der Waals surface area contributed by atoms with Crippen LogP contribution in [0.25, 0.3) is 10.9 Å². The van der Waals surface area contributed by atoms with Gasteiger partial charge in [0.2, 0.25) is 11.8 Å². The quantitative estimate of drug-likeness (QED) is 0.334. The number of aromatic amines is 1. The van der Waals surface area contributed by atoms with Crippen molar-refractivity contribution in [2.45, 2.75) is 64.3 Å². The van der Waals surface area contributed by atoms with Gasteiger partial charge in [-0.3, -0.25) is 19.4 Å². The summed E-state index contributed by atoms with van der Waals surface area (Å²) in [4.78, 5) is 44.3. The zero-order chi connectivity index (χ0) is 23.5. The number of nitrogens with one attached hydrogen (secondary N) is 3. The number of aryl methyl sites for hydroxylation is 1. The Hall–Kier alpha value is -3.48. The van der Waals surface area contributed by atoms with Crippen molar-refractivity contribution in [2.75, 3.05) is 5.32 Å². The van der Waals surface area contributed by atoms with Gasteiger partial charge in [0, 0.05) is 42.6 Å². The van der Waals surface area contributed by atoms with Crippen molar-refractivity contribution in [1.82, 2.24) is 15.3 Å². The molecule has 1 aromatic carbocycles. The van der Waals surface area contributed by atoms with E-state index < -0.39 is 6.04 Å². The summed E-state index contributed by atoms with van der Waals surface area (Å²) < 4.78 is 0. The number of hydrogen-bond donors (Lipinski definition) is 3. The summed E-state index contributed by atoms with van der Waals surface area (Å²) in [6, 6.07) is 10.9. The highest BCUT2D eigenvalue weighted by molar-refractivity contribution is 5.97.